The van der Waals surface area contributed by atoms with E-state index in [-0.39, 0.29) is 0 Å². The Morgan fingerprint density at radius 1 is 1.33 bits per heavy atom. The predicted molar refractivity (Wildman–Crippen MR) is 81.7 cm³/mol. The van der Waals surface area contributed by atoms with Crippen molar-refractivity contribution in [2.75, 3.05) is 13.1 Å². The third-order valence-corrected chi connectivity index (χ3v) is 3.16. The lowest BCUT2D eigenvalue weighted by atomic mass is 10.1. The molecule has 0 aliphatic rings. The van der Waals surface area contributed by atoms with Crippen LogP contribution in [0.1, 0.15) is 32.2 Å². The van der Waals surface area contributed by atoms with Crippen LogP contribution >= 0.6 is 0 Å². The number of rotatable bonds is 6. The average Bonchev–Trinajstić information content (AvgIpc) is 2.85. The Hall–Kier alpha value is -1.72. The number of aliphatic hydroxyl groups is 1. The molecule has 2 rings (SSSR count). The first-order valence-corrected chi connectivity index (χ1v) is 7.22. The normalized spacial score (nSPS) is 12.1. The van der Waals surface area contributed by atoms with Crippen LogP contribution in [-0.4, -0.2) is 38.8 Å². The smallest absolute Gasteiger partial charge is 0.257 e. The van der Waals surface area contributed by atoms with Gasteiger partial charge in [-0.05, 0) is 39.4 Å². The molecule has 1 N–H and O–H groups in total. The average molecular weight is 289 g/mol. The molecule has 0 aliphatic carbocycles. The number of aromatic nitrogens is 2. The van der Waals surface area contributed by atoms with Crippen molar-refractivity contribution in [1.82, 2.24) is 15.0 Å². The lowest BCUT2D eigenvalue weighted by Gasteiger charge is -2.26. The summed E-state index contributed by atoms with van der Waals surface area (Å²) in [5, 5.41) is 13.9. The van der Waals surface area contributed by atoms with E-state index in [1.165, 1.54) is 0 Å². The summed E-state index contributed by atoms with van der Waals surface area (Å²) < 4.78 is 5.33. The molecule has 1 aromatic carbocycles. The third kappa shape index (κ3) is 4.65. The van der Waals surface area contributed by atoms with Crippen molar-refractivity contribution in [3.63, 3.8) is 0 Å². The molecule has 0 spiro atoms. The lowest BCUT2D eigenvalue weighted by Crippen LogP contribution is -2.38. The first-order valence-electron chi connectivity index (χ1n) is 7.22. The molecule has 1 heterocycles. The monoisotopic (exact) mass is 289 g/mol. The maximum absolute atomic E-state index is 9.91. The zero-order valence-corrected chi connectivity index (χ0v) is 13.1. The van der Waals surface area contributed by atoms with Gasteiger partial charge in [0.25, 0.3) is 5.89 Å². The highest BCUT2D eigenvalue weighted by Gasteiger charge is 2.19. The molecule has 0 saturated heterocycles. The number of nitrogens with zero attached hydrogens (tertiary/aromatic N) is 3. The number of hydrogen-bond donors (Lipinski definition) is 1. The molecule has 2 aromatic rings. The van der Waals surface area contributed by atoms with Gasteiger partial charge in [0, 0.05) is 12.1 Å². The van der Waals surface area contributed by atoms with Crippen molar-refractivity contribution in [3.8, 4) is 11.5 Å². The van der Waals surface area contributed by atoms with Crippen molar-refractivity contribution in [2.24, 2.45) is 0 Å². The van der Waals surface area contributed by atoms with Crippen LogP contribution in [0.25, 0.3) is 11.5 Å². The molecular formula is C16H23N3O2. The maximum Gasteiger partial charge on any atom is 0.257 e. The fourth-order valence-electron chi connectivity index (χ4n) is 2.24. The van der Waals surface area contributed by atoms with Crippen molar-refractivity contribution in [3.05, 3.63) is 35.7 Å². The van der Waals surface area contributed by atoms with Crippen molar-refractivity contribution >= 4 is 0 Å². The number of benzene rings is 1. The van der Waals surface area contributed by atoms with Gasteiger partial charge >= 0.3 is 0 Å². The van der Waals surface area contributed by atoms with Crippen molar-refractivity contribution in [1.29, 1.82) is 0 Å². The van der Waals surface area contributed by atoms with Crippen LogP contribution in [0.2, 0.25) is 0 Å². The van der Waals surface area contributed by atoms with Crippen LogP contribution in [-0.2, 0) is 6.54 Å². The van der Waals surface area contributed by atoms with E-state index < -0.39 is 5.60 Å². The van der Waals surface area contributed by atoms with Crippen LogP contribution in [0.3, 0.4) is 0 Å². The number of likely N-dealkylation sites (N-methyl/N-ethyl adjacent to an activating group) is 1. The second-order valence-corrected chi connectivity index (χ2v) is 6.00. The highest BCUT2D eigenvalue weighted by molar-refractivity contribution is 5.53. The lowest BCUT2D eigenvalue weighted by molar-refractivity contribution is 0.0343. The number of aryl methyl sites for hydroxylation is 1. The van der Waals surface area contributed by atoms with Gasteiger partial charge in [0.05, 0.1) is 12.1 Å². The summed E-state index contributed by atoms with van der Waals surface area (Å²) in [6, 6.07) is 7.98. The van der Waals surface area contributed by atoms with Gasteiger partial charge in [-0.1, -0.05) is 29.8 Å². The molecule has 114 valence electrons. The largest absolute Gasteiger partial charge is 0.389 e. The summed E-state index contributed by atoms with van der Waals surface area (Å²) in [6.45, 7) is 9.62. The van der Waals surface area contributed by atoms with Gasteiger partial charge < -0.3 is 9.63 Å². The molecule has 0 aliphatic heterocycles. The summed E-state index contributed by atoms with van der Waals surface area (Å²) in [6.07, 6.45) is 0. The first kappa shape index (κ1) is 15.7. The summed E-state index contributed by atoms with van der Waals surface area (Å²) in [7, 11) is 0. The Morgan fingerprint density at radius 3 is 2.71 bits per heavy atom. The maximum atomic E-state index is 9.91. The van der Waals surface area contributed by atoms with E-state index in [4.69, 9.17) is 4.52 Å². The Balaban J connectivity index is 2.09. The van der Waals surface area contributed by atoms with Gasteiger partial charge in [0.2, 0.25) is 0 Å². The minimum absolute atomic E-state index is 0.535. The summed E-state index contributed by atoms with van der Waals surface area (Å²) >= 11 is 0. The van der Waals surface area contributed by atoms with E-state index in [0.717, 1.165) is 17.7 Å². The van der Waals surface area contributed by atoms with Gasteiger partial charge in [-0.3, -0.25) is 4.90 Å². The Labute approximate surface area is 125 Å². The van der Waals surface area contributed by atoms with E-state index in [2.05, 4.69) is 15.0 Å². The highest BCUT2D eigenvalue weighted by atomic mass is 16.5. The molecule has 0 radical (unpaired) electrons. The van der Waals surface area contributed by atoms with E-state index in [9.17, 15) is 5.11 Å². The first-order chi connectivity index (χ1) is 9.87. The minimum Gasteiger partial charge on any atom is -0.389 e. The van der Waals surface area contributed by atoms with Gasteiger partial charge in [0.1, 0.15) is 0 Å². The van der Waals surface area contributed by atoms with Crippen LogP contribution in [0, 0.1) is 6.92 Å². The molecule has 0 atom stereocenters. The molecule has 0 unspecified atom stereocenters. The van der Waals surface area contributed by atoms with E-state index >= 15 is 0 Å². The summed E-state index contributed by atoms with van der Waals surface area (Å²) in [5.74, 6) is 1.17. The second kappa shape index (κ2) is 6.37. The topological polar surface area (TPSA) is 62.4 Å². The fourth-order valence-corrected chi connectivity index (χ4v) is 2.24. The van der Waals surface area contributed by atoms with E-state index in [1.807, 2.05) is 38.1 Å². The Bertz CT molecular complexity index is 587. The third-order valence-electron chi connectivity index (χ3n) is 3.16. The quantitative estimate of drug-likeness (QED) is 0.885. The van der Waals surface area contributed by atoms with Crippen molar-refractivity contribution in [2.45, 2.75) is 39.8 Å². The molecule has 0 bridgehead atoms. The Morgan fingerprint density at radius 2 is 2.10 bits per heavy atom. The molecule has 0 saturated carbocycles. The molecule has 5 nitrogen and oxygen atoms in total. The zero-order chi connectivity index (χ0) is 15.5. The summed E-state index contributed by atoms with van der Waals surface area (Å²) in [4.78, 5) is 6.53. The predicted octanol–water partition coefficient (Wildman–Crippen LogP) is 2.64. The highest BCUT2D eigenvalue weighted by Crippen LogP contribution is 2.18. The minimum atomic E-state index is -0.737. The molecule has 21 heavy (non-hydrogen) atoms. The van der Waals surface area contributed by atoms with Crippen molar-refractivity contribution < 1.29 is 9.63 Å². The molecular weight excluding hydrogens is 266 g/mol. The van der Waals surface area contributed by atoms with Gasteiger partial charge in [-0.2, -0.15) is 4.98 Å². The van der Waals surface area contributed by atoms with E-state index in [0.29, 0.717) is 24.8 Å². The molecule has 0 fully saturated rings. The molecule has 0 amide bonds. The molecule has 5 heteroatoms. The molecule has 1 aromatic heterocycles. The SMILES string of the molecule is CCN(Cc1noc(-c2cccc(C)c2)n1)CC(C)(C)O. The van der Waals surface area contributed by atoms with Crippen LogP contribution in [0.15, 0.2) is 28.8 Å². The van der Waals surface area contributed by atoms with Gasteiger partial charge in [-0.25, -0.2) is 0 Å². The second-order valence-electron chi connectivity index (χ2n) is 6.00. The van der Waals surface area contributed by atoms with Gasteiger partial charge in [-0.15, -0.1) is 0 Å². The van der Waals surface area contributed by atoms with Crippen LogP contribution in [0.4, 0.5) is 0 Å². The van der Waals surface area contributed by atoms with Crippen LogP contribution < -0.4 is 0 Å². The number of hydrogen-bond acceptors (Lipinski definition) is 5. The standard InChI is InChI=1S/C16H23N3O2/c1-5-19(11-16(3,4)20)10-14-17-15(21-18-14)13-8-6-7-12(2)9-13/h6-9,20H,5,10-11H2,1-4H3. The van der Waals surface area contributed by atoms with Crippen LogP contribution in [0.5, 0.6) is 0 Å². The van der Waals surface area contributed by atoms with E-state index in [1.54, 1.807) is 13.8 Å². The van der Waals surface area contributed by atoms with Gasteiger partial charge in [0.15, 0.2) is 5.82 Å². The summed E-state index contributed by atoms with van der Waals surface area (Å²) in [5.41, 5.74) is 1.35. The fraction of sp³-hybridized carbons (Fsp3) is 0.500. The Kier molecular flexibility index (Phi) is 4.75. The zero-order valence-electron chi connectivity index (χ0n) is 13.1.